The second-order valence-corrected chi connectivity index (χ2v) is 3.07. The number of nitrogens with zero attached hydrogens (tertiary/aromatic N) is 2. The summed E-state index contributed by atoms with van der Waals surface area (Å²) < 4.78 is 6.88. The lowest BCUT2D eigenvalue weighted by Gasteiger charge is -1.93. The maximum Gasteiger partial charge on any atom is 0.388 e. The first-order valence-corrected chi connectivity index (χ1v) is 4.31. The fourth-order valence-corrected chi connectivity index (χ4v) is 1.20. The summed E-state index contributed by atoms with van der Waals surface area (Å²) in [5, 5.41) is 9.55. The van der Waals surface area contributed by atoms with Gasteiger partial charge in [-0.15, -0.1) is 0 Å². The number of hydrogen-bond donors (Lipinski definition) is 1. The topological polar surface area (TPSA) is 50.1 Å². The summed E-state index contributed by atoms with van der Waals surface area (Å²) in [6.07, 6.45) is 0. The number of aryl methyl sites for hydroxylation is 2. The van der Waals surface area contributed by atoms with Crippen molar-refractivity contribution < 1.29 is 14.4 Å². The van der Waals surface area contributed by atoms with Crippen molar-refractivity contribution in [1.82, 2.24) is 4.98 Å². The molecule has 0 radical (unpaired) electrons. The Kier molecular flexibility index (Phi) is 1.96. The van der Waals surface area contributed by atoms with E-state index in [9.17, 15) is 5.11 Å². The Morgan fingerprint density at radius 1 is 1.36 bits per heavy atom. The highest BCUT2D eigenvalue weighted by Gasteiger charge is 2.19. The molecule has 4 nitrogen and oxygen atoms in total. The number of phenols is 1. The van der Waals surface area contributed by atoms with Crippen LogP contribution in [0.3, 0.4) is 0 Å². The number of aromatic hydroxyl groups is 1. The van der Waals surface area contributed by atoms with Gasteiger partial charge in [-0.2, -0.15) is 0 Å². The second-order valence-electron chi connectivity index (χ2n) is 3.07. The molecule has 0 saturated heterocycles. The predicted molar refractivity (Wildman–Crippen MR) is 49.5 cm³/mol. The SMILES string of the molecule is Cc1nc(-c2ccccc2O)o[n+]1C. The van der Waals surface area contributed by atoms with Gasteiger partial charge in [0.1, 0.15) is 18.4 Å². The minimum absolute atomic E-state index is 0.175. The highest BCUT2D eigenvalue weighted by Crippen LogP contribution is 2.26. The monoisotopic (exact) mass is 191 g/mol. The van der Waals surface area contributed by atoms with Crippen LogP contribution < -0.4 is 4.74 Å². The number of para-hydroxylation sites is 1. The third-order valence-electron chi connectivity index (χ3n) is 2.08. The van der Waals surface area contributed by atoms with E-state index in [1.165, 1.54) is 0 Å². The third kappa shape index (κ3) is 1.35. The van der Waals surface area contributed by atoms with Gasteiger partial charge in [-0.3, -0.25) is 4.52 Å². The second kappa shape index (κ2) is 3.14. The van der Waals surface area contributed by atoms with Gasteiger partial charge in [-0.1, -0.05) is 16.9 Å². The lowest BCUT2D eigenvalue weighted by molar-refractivity contribution is -0.848. The van der Waals surface area contributed by atoms with Crippen LogP contribution in [0.15, 0.2) is 28.8 Å². The lowest BCUT2D eigenvalue weighted by atomic mass is 10.2. The van der Waals surface area contributed by atoms with Crippen LogP contribution in [0.4, 0.5) is 0 Å². The van der Waals surface area contributed by atoms with Crippen LogP contribution in [-0.2, 0) is 7.05 Å². The van der Waals surface area contributed by atoms with Crippen molar-refractivity contribution in [2.45, 2.75) is 6.92 Å². The molecule has 0 amide bonds. The highest BCUT2D eigenvalue weighted by molar-refractivity contribution is 5.61. The van der Waals surface area contributed by atoms with Gasteiger partial charge < -0.3 is 5.11 Å². The van der Waals surface area contributed by atoms with E-state index in [1.807, 2.05) is 13.0 Å². The van der Waals surface area contributed by atoms with Crippen molar-refractivity contribution in [1.29, 1.82) is 0 Å². The molecule has 1 aromatic carbocycles. The molecule has 72 valence electrons. The fraction of sp³-hybridized carbons (Fsp3) is 0.200. The number of phenolic OH excluding ortho intramolecular Hbond substituents is 1. The van der Waals surface area contributed by atoms with Crippen LogP contribution in [0.5, 0.6) is 5.75 Å². The van der Waals surface area contributed by atoms with Gasteiger partial charge in [-0.25, -0.2) is 0 Å². The minimum Gasteiger partial charge on any atom is -0.507 e. The average molecular weight is 191 g/mol. The molecule has 0 fully saturated rings. The number of hydrogen-bond acceptors (Lipinski definition) is 3. The molecule has 0 saturated carbocycles. The molecule has 0 unspecified atom stereocenters. The zero-order chi connectivity index (χ0) is 10.1. The van der Waals surface area contributed by atoms with Crippen LogP contribution in [0.1, 0.15) is 5.82 Å². The quantitative estimate of drug-likeness (QED) is 0.688. The van der Waals surface area contributed by atoms with Crippen LogP contribution in [0.2, 0.25) is 0 Å². The Labute approximate surface area is 81.4 Å². The van der Waals surface area contributed by atoms with E-state index in [2.05, 4.69) is 4.98 Å². The largest absolute Gasteiger partial charge is 0.507 e. The van der Waals surface area contributed by atoms with E-state index < -0.39 is 0 Å². The maximum atomic E-state index is 9.55. The molecule has 0 bridgehead atoms. The summed E-state index contributed by atoms with van der Waals surface area (Å²) in [5.41, 5.74) is 0.608. The summed E-state index contributed by atoms with van der Waals surface area (Å²) in [4.78, 5) is 4.18. The van der Waals surface area contributed by atoms with Crippen LogP contribution >= 0.6 is 0 Å². The summed E-state index contributed by atoms with van der Waals surface area (Å²) in [6, 6.07) is 6.96. The van der Waals surface area contributed by atoms with E-state index >= 15 is 0 Å². The normalized spacial score (nSPS) is 10.4. The van der Waals surface area contributed by atoms with Gasteiger partial charge in [0.15, 0.2) is 0 Å². The highest BCUT2D eigenvalue weighted by atomic mass is 16.5. The molecule has 1 aromatic heterocycles. The minimum atomic E-state index is 0.175. The predicted octanol–water partition coefficient (Wildman–Crippen LogP) is 1.18. The molecule has 14 heavy (non-hydrogen) atoms. The molecule has 1 heterocycles. The van der Waals surface area contributed by atoms with E-state index in [1.54, 1.807) is 30.0 Å². The maximum absolute atomic E-state index is 9.55. The molecule has 0 aliphatic heterocycles. The molecule has 0 atom stereocenters. The molecule has 0 aliphatic rings. The smallest absolute Gasteiger partial charge is 0.388 e. The van der Waals surface area contributed by atoms with Crippen molar-refractivity contribution in [3.05, 3.63) is 30.1 Å². The van der Waals surface area contributed by atoms with E-state index in [-0.39, 0.29) is 5.75 Å². The van der Waals surface area contributed by atoms with Gasteiger partial charge in [0.05, 0.1) is 0 Å². The first kappa shape index (κ1) is 8.74. The van der Waals surface area contributed by atoms with Gasteiger partial charge in [0, 0.05) is 11.9 Å². The molecule has 0 spiro atoms. The lowest BCUT2D eigenvalue weighted by Crippen LogP contribution is -2.27. The number of rotatable bonds is 1. The van der Waals surface area contributed by atoms with Crippen molar-refractivity contribution in [3.8, 4) is 17.2 Å². The summed E-state index contributed by atoms with van der Waals surface area (Å²) in [7, 11) is 1.77. The Morgan fingerprint density at radius 3 is 2.64 bits per heavy atom. The third-order valence-corrected chi connectivity index (χ3v) is 2.08. The van der Waals surface area contributed by atoms with Gasteiger partial charge in [-0.05, 0) is 12.1 Å². The van der Waals surface area contributed by atoms with Crippen molar-refractivity contribution >= 4 is 0 Å². The Hall–Kier alpha value is -1.84. The standard InChI is InChI=1S/C10H10N2O2/c1-7-11-10(14-12(7)2)8-5-3-4-6-9(8)13/h3-6H,1-2H3/p+1. The molecule has 4 heteroatoms. The Balaban J connectivity index is 2.55. The van der Waals surface area contributed by atoms with Gasteiger partial charge in [0.25, 0.3) is 0 Å². The fourth-order valence-electron chi connectivity index (χ4n) is 1.20. The molecule has 2 aromatic rings. The van der Waals surface area contributed by atoms with Crippen LogP contribution in [0.25, 0.3) is 11.5 Å². The first-order chi connectivity index (χ1) is 6.68. The van der Waals surface area contributed by atoms with E-state index in [0.717, 1.165) is 5.82 Å². The summed E-state index contributed by atoms with van der Waals surface area (Å²) in [5.74, 6) is 1.38. The summed E-state index contributed by atoms with van der Waals surface area (Å²) in [6.45, 7) is 1.84. The van der Waals surface area contributed by atoms with Crippen molar-refractivity contribution in [2.24, 2.45) is 7.05 Å². The Bertz CT molecular complexity index is 443. The summed E-state index contributed by atoms with van der Waals surface area (Å²) >= 11 is 0. The molecule has 1 N–H and O–H groups in total. The van der Waals surface area contributed by atoms with Crippen LogP contribution in [-0.4, -0.2) is 10.1 Å². The van der Waals surface area contributed by atoms with Gasteiger partial charge in [0.2, 0.25) is 0 Å². The number of aromatic nitrogens is 2. The van der Waals surface area contributed by atoms with Crippen molar-refractivity contribution in [3.63, 3.8) is 0 Å². The van der Waals surface area contributed by atoms with Crippen LogP contribution in [0, 0.1) is 6.92 Å². The van der Waals surface area contributed by atoms with Crippen molar-refractivity contribution in [2.75, 3.05) is 0 Å². The molecular formula is C10H11N2O2+. The molecular weight excluding hydrogens is 180 g/mol. The zero-order valence-electron chi connectivity index (χ0n) is 8.06. The van der Waals surface area contributed by atoms with E-state index in [4.69, 9.17) is 4.52 Å². The molecule has 0 aliphatic carbocycles. The average Bonchev–Trinajstić information content (AvgIpc) is 2.48. The zero-order valence-corrected chi connectivity index (χ0v) is 8.06. The van der Waals surface area contributed by atoms with Gasteiger partial charge >= 0.3 is 11.7 Å². The number of benzene rings is 1. The van der Waals surface area contributed by atoms with E-state index in [0.29, 0.717) is 11.5 Å². The first-order valence-electron chi connectivity index (χ1n) is 4.31. The molecule has 2 rings (SSSR count). The Morgan fingerprint density at radius 2 is 2.07 bits per heavy atom.